The SMILES string of the molecule is CNC(=O)c1csc2c(C(F)(F)F)cc(N3CCN(S(=O)(=O)CCN(C)C4CC4)CC3)nc12. The molecule has 1 aliphatic carbocycles. The van der Waals surface area contributed by atoms with Crippen LogP contribution in [0.5, 0.6) is 0 Å². The molecular formula is C20H26F3N5O3S2. The van der Waals surface area contributed by atoms with Crippen LogP contribution in [-0.4, -0.2) is 87.1 Å². The third kappa shape index (κ3) is 5.10. The molecule has 2 fully saturated rings. The Labute approximate surface area is 194 Å². The summed E-state index contributed by atoms with van der Waals surface area (Å²) in [7, 11) is -0.130. The molecule has 2 aliphatic rings. The minimum Gasteiger partial charge on any atom is -0.355 e. The number of pyridine rings is 1. The first-order chi connectivity index (χ1) is 15.5. The topological polar surface area (TPSA) is 85.8 Å². The minimum absolute atomic E-state index is 0.00217. The molecule has 3 heterocycles. The van der Waals surface area contributed by atoms with E-state index in [0.717, 1.165) is 30.2 Å². The Morgan fingerprint density at radius 2 is 1.94 bits per heavy atom. The molecule has 2 aromatic rings. The van der Waals surface area contributed by atoms with Crippen LogP contribution in [0.15, 0.2) is 11.4 Å². The lowest BCUT2D eigenvalue weighted by molar-refractivity contribution is -0.136. The number of hydrogen-bond donors (Lipinski definition) is 1. The number of sulfonamides is 1. The number of amides is 1. The Balaban J connectivity index is 1.53. The number of halogens is 3. The molecule has 0 spiro atoms. The normalized spacial score (nSPS) is 18.3. The maximum Gasteiger partial charge on any atom is 0.417 e. The molecule has 0 atom stereocenters. The summed E-state index contributed by atoms with van der Waals surface area (Å²) in [4.78, 5) is 20.2. The van der Waals surface area contributed by atoms with Crippen LogP contribution in [0.25, 0.3) is 10.2 Å². The highest BCUT2D eigenvalue weighted by Crippen LogP contribution is 2.40. The van der Waals surface area contributed by atoms with E-state index < -0.39 is 27.7 Å². The van der Waals surface area contributed by atoms with Crippen molar-refractivity contribution in [3.8, 4) is 0 Å². The molecule has 0 radical (unpaired) electrons. The second kappa shape index (κ2) is 9.01. The molecule has 1 saturated carbocycles. The van der Waals surface area contributed by atoms with Crippen molar-refractivity contribution in [1.82, 2.24) is 19.5 Å². The summed E-state index contributed by atoms with van der Waals surface area (Å²) in [6, 6.07) is 1.46. The summed E-state index contributed by atoms with van der Waals surface area (Å²) >= 11 is 0.831. The summed E-state index contributed by atoms with van der Waals surface area (Å²) in [6.07, 6.45) is -2.42. The zero-order chi connectivity index (χ0) is 24.0. The van der Waals surface area contributed by atoms with Gasteiger partial charge in [0.25, 0.3) is 5.91 Å². The minimum atomic E-state index is -4.61. The quantitative estimate of drug-likeness (QED) is 0.621. The van der Waals surface area contributed by atoms with E-state index in [4.69, 9.17) is 0 Å². The standard InChI is InChI=1S/C20H26F3N5O3S2/c1-24-19(29)14-12-32-18-15(20(21,22)23)11-16(25-17(14)18)27-5-7-28(8-6-27)33(30,31)10-9-26(2)13-3-4-13/h11-13H,3-10H2,1-2H3,(H,24,29). The van der Waals surface area contributed by atoms with Crippen molar-refractivity contribution in [2.24, 2.45) is 0 Å². The van der Waals surface area contributed by atoms with Gasteiger partial charge in [-0.15, -0.1) is 11.3 Å². The number of thiophene rings is 1. The molecule has 2 aromatic heterocycles. The van der Waals surface area contributed by atoms with Gasteiger partial charge in [0.15, 0.2) is 0 Å². The van der Waals surface area contributed by atoms with E-state index in [9.17, 15) is 26.4 Å². The summed E-state index contributed by atoms with van der Waals surface area (Å²) in [6.45, 7) is 1.23. The Hall–Kier alpha value is -1.96. The Morgan fingerprint density at radius 1 is 1.27 bits per heavy atom. The van der Waals surface area contributed by atoms with E-state index >= 15 is 0 Å². The number of anilines is 1. The van der Waals surface area contributed by atoms with Crippen molar-refractivity contribution in [3.05, 3.63) is 22.6 Å². The number of carbonyl (C=O) groups is 1. The average molecular weight is 506 g/mol. The fourth-order valence-corrected chi connectivity index (χ4v) is 6.47. The third-order valence-electron chi connectivity index (χ3n) is 6.11. The molecule has 1 saturated heterocycles. The van der Waals surface area contributed by atoms with Crippen molar-refractivity contribution < 1.29 is 26.4 Å². The first kappa shape index (κ1) is 24.2. The molecule has 1 aliphatic heterocycles. The zero-order valence-electron chi connectivity index (χ0n) is 18.4. The van der Waals surface area contributed by atoms with Crippen LogP contribution < -0.4 is 10.2 Å². The van der Waals surface area contributed by atoms with Gasteiger partial charge in [0.1, 0.15) is 5.82 Å². The molecule has 0 aromatic carbocycles. The van der Waals surface area contributed by atoms with Gasteiger partial charge in [0, 0.05) is 51.2 Å². The number of rotatable bonds is 7. The molecule has 33 heavy (non-hydrogen) atoms. The predicted octanol–water partition coefficient (Wildman–Crippen LogP) is 2.22. The molecule has 0 unspecified atom stereocenters. The van der Waals surface area contributed by atoms with Gasteiger partial charge in [-0.05, 0) is 26.0 Å². The van der Waals surface area contributed by atoms with E-state index in [1.54, 1.807) is 4.90 Å². The molecule has 1 N–H and O–H groups in total. The Kier molecular flexibility index (Phi) is 6.60. The monoisotopic (exact) mass is 505 g/mol. The fourth-order valence-electron chi connectivity index (χ4n) is 3.95. The lowest BCUT2D eigenvalue weighted by atomic mass is 10.1. The van der Waals surface area contributed by atoms with Gasteiger partial charge in [0.2, 0.25) is 10.0 Å². The molecule has 182 valence electrons. The van der Waals surface area contributed by atoms with Crippen LogP contribution in [-0.2, 0) is 16.2 Å². The number of nitrogens with zero attached hydrogens (tertiary/aromatic N) is 4. The van der Waals surface area contributed by atoms with Crippen molar-refractivity contribution in [2.75, 3.05) is 57.5 Å². The lowest BCUT2D eigenvalue weighted by Crippen LogP contribution is -2.50. The van der Waals surface area contributed by atoms with Crippen LogP contribution in [0, 0.1) is 0 Å². The Bertz CT molecular complexity index is 1140. The van der Waals surface area contributed by atoms with Gasteiger partial charge in [-0.2, -0.15) is 17.5 Å². The maximum atomic E-state index is 13.8. The fraction of sp³-hybridized carbons (Fsp3) is 0.600. The van der Waals surface area contributed by atoms with Gasteiger partial charge in [0.05, 0.1) is 27.1 Å². The third-order valence-corrected chi connectivity index (χ3v) is 8.97. The summed E-state index contributed by atoms with van der Waals surface area (Å²) in [5.41, 5.74) is -0.756. The number of alkyl halides is 3. The second-order valence-corrected chi connectivity index (χ2v) is 11.3. The first-order valence-corrected chi connectivity index (χ1v) is 13.1. The van der Waals surface area contributed by atoms with E-state index in [-0.39, 0.29) is 53.5 Å². The molecule has 13 heteroatoms. The molecule has 1 amide bonds. The number of piperazine rings is 1. The van der Waals surface area contributed by atoms with Gasteiger partial charge >= 0.3 is 6.18 Å². The van der Waals surface area contributed by atoms with Crippen molar-refractivity contribution in [2.45, 2.75) is 25.1 Å². The molecular weight excluding hydrogens is 479 g/mol. The number of fused-ring (bicyclic) bond motifs is 1. The van der Waals surface area contributed by atoms with Gasteiger partial charge in [-0.1, -0.05) is 0 Å². The molecule has 0 bridgehead atoms. The van der Waals surface area contributed by atoms with Gasteiger partial charge < -0.3 is 15.1 Å². The first-order valence-electron chi connectivity index (χ1n) is 10.7. The molecule has 4 rings (SSSR count). The number of nitrogens with one attached hydrogen (secondary N) is 1. The maximum absolute atomic E-state index is 13.8. The van der Waals surface area contributed by atoms with E-state index in [1.807, 2.05) is 7.05 Å². The predicted molar refractivity (Wildman–Crippen MR) is 121 cm³/mol. The molecule has 8 nitrogen and oxygen atoms in total. The van der Waals surface area contributed by atoms with Crippen LogP contribution in [0.4, 0.5) is 19.0 Å². The number of hydrogen-bond acceptors (Lipinski definition) is 7. The number of aromatic nitrogens is 1. The van der Waals surface area contributed by atoms with Crippen LogP contribution in [0.2, 0.25) is 0 Å². The van der Waals surface area contributed by atoms with Crippen LogP contribution in [0.3, 0.4) is 0 Å². The summed E-state index contributed by atoms with van der Waals surface area (Å²) in [5, 5.41) is 3.80. The largest absolute Gasteiger partial charge is 0.417 e. The number of carbonyl (C=O) groups excluding carboxylic acids is 1. The van der Waals surface area contributed by atoms with Crippen molar-refractivity contribution in [3.63, 3.8) is 0 Å². The average Bonchev–Trinajstić information content (AvgIpc) is 3.55. The lowest BCUT2D eigenvalue weighted by Gasteiger charge is -2.35. The highest BCUT2D eigenvalue weighted by Gasteiger charge is 2.36. The zero-order valence-corrected chi connectivity index (χ0v) is 20.0. The van der Waals surface area contributed by atoms with Crippen molar-refractivity contribution >= 4 is 43.3 Å². The van der Waals surface area contributed by atoms with E-state index in [2.05, 4.69) is 15.2 Å². The smallest absolute Gasteiger partial charge is 0.355 e. The van der Waals surface area contributed by atoms with Gasteiger partial charge in [-0.3, -0.25) is 4.79 Å². The highest BCUT2D eigenvalue weighted by molar-refractivity contribution is 7.89. The van der Waals surface area contributed by atoms with E-state index in [1.165, 1.54) is 16.7 Å². The summed E-state index contributed by atoms with van der Waals surface area (Å²) < 4.78 is 68.0. The van der Waals surface area contributed by atoms with Crippen LogP contribution in [0.1, 0.15) is 28.8 Å². The van der Waals surface area contributed by atoms with Gasteiger partial charge in [-0.25, -0.2) is 13.4 Å². The summed E-state index contributed by atoms with van der Waals surface area (Å²) in [5.74, 6) is -0.401. The Morgan fingerprint density at radius 3 is 2.52 bits per heavy atom. The van der Waals surface area contributed by atoms with E-state index in [0.29, 0.717) is 12.6 Å². The van der Waals surface area contributed by atoms with Crippen molar-refractivity contribution in [1.29, 1.82) is 0 Å². The second-order valence-electron chi connectivity index (χ2n) is 8.35. The van der Waals surface area contributed by atoms with Crippen LogP contribution >= 0.6 is 11.3 Å². The highest BCUT2D eigenvalue weighted by atomic mass is 32.2.